The van der Waals surface area contributed by atoms with Gasteiger partial charge < -0.3 is 14.6 Å². The molecule has 3 aromatic carbocycles. The Balaban J connectivity index is 1.93. The lowest BCUT2D eigenvalue weighted by atomic mass is 9.87. The molecular formula is C30H31NO5. The third kappa shape index (κ3) is 4.59. The number of hydrogen-bond donors (Lipinski definition) is 1. The number of anilines is 1. The van der Waals surface area contributed by atoms with E-state index >= 15 is 0 Å². The highest BCUT2D eigenvalue weighted by molar-refractivity contribution is 6.51. The van der Waals surface area contributed by atoms with Crippen molar-refractivity contribution in [2.75, 3.05) is 18.6 Å². The minimum atomic E-state index is -0.877. The fourth-order valence-electron chi connectivity index (χ4n) is 4.46. The Morgan fingerprint density at radius 3 is 2.31 bits per heavy atom. The topological polar surface area (TPSA) is 76.1 Å². The molecule has 0 saturated carbocycles. The average molecular weight is 486 g/mol. The van der Waals surface area contributed by atoms with Crippen LogP contribution in [-0.4, -0.2) is 30.5 Å². The summed E-state index contributed by atoms with van der Waals surface area (Å²) < 4.78 is 11.2. The standard InChI is InChI=1S/C30H31NO5/c1-6-36-22-11-9-10-19(18-22)27(32)25-26(23-12-7-8-13-24(23)35-5)31(29(34)28(25)33)21-16-14-20(15-17-21)30(2,3)4/h7-18,26,32H,6H2,1-5H3/b27-25+. The molecule has 1 fully saturated rings. The van der Waals surface area contributed by atoms with Gasteiger partial charge in [0.05, 0.1) is 25.3 Å². The lowest BCUT2D eigenvalue weighted by Crippen LogP contribution is -2.29. The van der Waals surface area contributed by atoms with Crippen molar-refractivity contribution >= 4 is 23.1 Å². The van der Waals surface area contributed by atoms with Gasteiger partial charge in [0.2, 0.25) is 0 Å². The fourth-order valence-corrected chi connectivity index (χ4v) is 4.46. The lowest BCUT2D eigenvalue weighted by Gasteiger charge is -2.27. The molecule has 0 radical (unpaired) electrons. The van der Waals surface area contributed by atoms with Gasteiger partial charge in [0.15, 0.2) is 0 Å². The van der Waals surface area contributed by atoms with Crippen molar-refractivity contribution in [2.24, 2.45) is 0 Å². The van der Waals surface area contributed by atoms with E-state index in [9.17, 15) is 14.7 Å². The average Bonchev–Trinajstić information content (AvgIpc) is 3.13. The van der Waals surface area contributed by atoms with Gasteiger partial charge in [-0.1, -0.05) is 63.2 Å². The maximum absolute atomic E-state index is 13.5. The number of carbonyl (C=O) groups excluding carboxylic acids is 2. The van der Waals surface area contributed by atoms with Crippen LogP contribution in [0, 0.1) is 0 Å². The van der Waals surface area contributed by atoms with Crippen LogP contribution >= 0.6 is 0 Å². The monoisotopic (exact) mass is 485 g/mol. The number of rotatable bonds is 6. The molecule has 1 heterocycles. The molecule has 1 amide bonds. The summed E-state index contributed by atoms with van der Waals surface area (Å²) in [5.41, 5.74) is 2.58. The van der Waals surface area contributed by atoms with Crippen molar-refractivity contribution in [3.63, 3.8) is 0 Å². The van der Waals surface area contributed by atoms with Crippen LogP contribution in [0.25, 0.3) is 5.76 Å². The highest BCUT2D eigenvalue weighted by Crippen LogP contribution is 2.45. The Bertz CT molecular complexity index is 1320. The summed E-state index contributed by atoms with van der Waals surface area (Å²) in [6.07, 6.45) is 0. The zero-order valence-corrected chi connectivity index (χ0v) is 21.2. The number of ketones is 1. The predicted octanol–water partition coefficient (Wildman–Crippen LogP) is 6.02. The Morgan fingerprint density at radius 2 is 1.67 bits per heavy atom. The van der Waals surface area contributed by atoms with Crippen molar-refractivity contribution in [1.29, 1.82) is 0 Å². The highest BCUT2D eigenvalue weighted by Gasteiger charge is 2.48. The van der Waals surface area contributed by atoms with E-state index in [0.29, 0.717) is 34.9 Å². The molecule has 6 nitrogen and oxygen atoms in total. The van der Waals surface area contributed by atoms with Gasteiger partial charge in [0, 0.05) is 16.8 Å². The molecule has 0 spiro atoms. The van der Waals surface area contributed by atoms with Crippen molar-refractivity contribution in [2.45, 2.75) is 39.2 Å². The second-order valence-corrected chi connectivity index (χ2v) is 9.67. The molecule has 0 aromatic heterocycles. The second-order valence-electron chi connectivity index (χ2n) is 9.67. The Morgan fingerprint density at radius 1 is 0.972 bits per heavy atom. The first-order chi connectivity index (χ1) is 17.2. The number of nitrogens with zero attached hydrogens (tertiary/aromatic N) is 1. The van der Waals surface area contributed by atoms with Crippen molar-refractivity contribution in [1.82, 2.24) is 0 Å². The number of benzene rings is 3. The molecule has 0 bridgehead atoms. The molecule has 186 valence electrons. The summed E-state index contributed by atoms with van der Waals surface area (Å²) in [6.45, 7) is 8.66. The molecule has 3 aromatic rings. The Labute approximate surface area is 211 Å². The molecule has 4 rings (SSSR count). The maximum atomic E-state index is 13.5. The minimum Gasteiger partial charge on any atom is -0.507 e. The SMILES string of the molecule is CCOc1cccc(/C(O)=C2\C(=O)C(=O)N(c3ccc(C(C)(C)C)cc3)C2c2ccccc2OC)c1. The van der Waals surface area contributed by atoms with Crippen LogP contribution in [0.3, 0.4) is 0 Å². The van der Waals surface area contributed by atoms with E-state index in [1.807, 2.05) is 43.3 Å². The number of aliphatic hydroxyl groups excluding tert-OH is 1. The minimum absolute atomic E-state index is 0.00181. The van der Waals surface area contributed by atoms with Gasteiger partial charge in [-0.15, -0.1) is 0 Å². The van der Waals surface area contributed by atoms with Crippen molar-refractivity contribution in [3.8, 4) is 11.5 Å². The number of amides is 1. The summed E-state index contributed by atoms with van der Waals surface area (Å²) in [5.74, 6) is -0.668. The van der Waals surface area contributed by atoms with E-state index in [4.69, 9.17) is 9.47 Å². The molecule has 1 aliphatic heterocycles. The quantitative estimate of drug-likeness (QED) is 0.263. The summed E-state index contributed by atoms with van der Waals surface area (Å²) in [7, 11) is 1.54. The van der Waals surface area contributed by atoms with E-state index in [-0.39, 0.29) is 16.7 Å². The molecule has 1 atom stereocenters. The summed E-state index contributed by atoms with van der Waals surface area (Å²) in [6, 6.07) is 20.8. The van der Waals surface area contributed by atoms with Gasteiger partial charge >= 0.3 is 0 Å². The Hall–Kier alpha value is -4.06. The Kier molecular flexibility index (Phi) is 6.88. The summed E-state index contributed by atoms with van der Waals surface area (Å²) in [4.78, 5) is 28.3. The van der Waals surface area contributed by atoms with E-state index in [2.05, 4.69) is 20.8 Å². The largest absolute Gasteiger partial charge is 0.507 e. The van der Waals surface area contributed by atoms with E-state index in [1.165, 1.54) is 12.0 Å². The van der Waals surface area contributed by atoms with Gasteiger partial charge in [-0.05, 0) is 48.2 Å². The molecule has 1 saturated heterocycles. The van der Waals surface area contributed by atoms with Gasteiger partial charge in [-0.25, -0.2) is 0 Å². The lowest BCUT2D eigenvalue weighted by molar-refractivity contribution is -0.132. The molecule has 1 unspecified atom stereocenters. The number of carbonyl (C=O) groups is 2. The number of aliphatic hydroxyl groups is 1. The van der Waals surface area contributed by atoms with Crippen LogP contribution in [0.1, 0.15) is 50.4 Å². The van der Waals surface area contributed by atoms with E-state index < -0.39 is 17.7 Å². The zero-order valence-electron chi connectivity index (χ0n) is 21.2. The maximum Gasteiger partial charge on any atom is 0.300 e. The molecule has 0 aliphatic carbocycles. The molecule has 1 N–H and O–H groups in total. The van der Waals surface area contributed by atoms with Gasteiger partial charge in [0.1, 0.15) is 17.3 Å². The fraction of sp³-hybridized carbons (Fsp3) is 0.267. The molecular weight excluding hydrogens is 454 g/mol. The second kappa shape index (κ2) is 9.90. The van der Waals surface area contributed by atoms with E-state index in [0.717, 1.165) is 5.56 Å². The normalized spacial score (nSPS) is 17.4. The van der Waals surface area contributed by atoms with Crippen LogP contribution in [0.5, 0.6) is 11.5 Å². The van der Waals surface area contributed by atoms with Crippen molar-refractivity contribution in [3.05, 3.63) is 95.1 Å². The third-order valence-electron chi connectivity index (χ3n) is 6.31. The van der Waals surface area contributed by atoms with Crippen LogP contribution in [0.2, 0.25) is 0 Å². The molecule has 36 heavy (non-hydrogen) atoms. The number of Topliss-reactive ketones (excluding diaryl/α,β-unsaturated/α-hetero) is 1. The first-order valence-electron chi connectivity index (χ1n) is 11.9. The molecule has 1 aliphatic rings. The number of ether oxygens (including phenoxy) is 2. The number of hydrogen-bond acceptors (Lipinski definition) is 5. The van der Waals surface area contributed by atoms with Crippen LogP contribution in [0.15, 0.2) is 78.4 Å². The first kappa shape index (κ1) is 25.0. The molecule has 6 heteroatoms. The number of para-hydroxylation sites is 1. The predicted molar refractivity (Wildman–Crippen MR) is 141 cm³/mol. The summed E-state index contributed by atoms with van der Waals surface area (Å²) in [5, 5.41) is 11.4. The van der Waals surface area contributed by atoms with Gasteiger partial charge in [-0.2, -0.15) is 0 Å². The van der Waals surface area contributed by atoms with Gasteiger partial charge in [0.25, 0.3) is 11.7 Å². The van der Waals surface area contributed by atoms with Crippen LogP contribution < -0.4 is 14.4 Å². The van der Waals surface area contributed by atoms with Gasteiger partial charge in [-0.3, -0.25) is 14.5 Å². The highest BCUT2D eigenvalue weighted by atomic mass is 16.5. The van der Waals surface area contributed by atoms with Crippen LogP contribution in [0.4, 0.5) is 5.69 Å². The van der Waals surface area contributed by atoms with Crippen LogP contribution in [-0.2, 0) is 15.0 Å². The number of methoxy groups -OCH3 is 1. The first-order valence-corrected chi connectivity index (χ1v) is 11.9. The smallest absolute Gasteiger partial charge is 0.300 e. The zero-order chi connectivity index (χ0) is 26.0. The third-order valence-corrected chi connectivity index (χ3v) is 6.31. The van der Waals surface area contributed by atoms with Crippen molar-refractivity contribution < 1.29 is 24.2 Å². The van der Waals surface area contributed by atoms with E-state index in [1.54, 1.807) is 36.4 Å². The summed E-state index contributed by atoms with van der Waals surface area (Å²) >= 11 is 0.